The molecule has 1 aliphatic rings. The lowest BCUT2D eigenvalue weighted by Crippen LogP contribution is -2.44. The van der Waals surface area contributed by atoms with Crippen LogP contribution in [0.15, 0.2) is 0 Å². The maximum atomic E-state index is 5.74. The molecular weight excluding hydrogens is 252 g/mol. The summed E-state index contributed by atoms with van der Waals surface area (Å²) >= 11 is 0. The first-order chi connectivity index (χ1) is 9.72. The maximum Gasteiger partial charge on any atom is 0.176 e. The summed E-state index contributed by atoms with van der Waals surface area (Å²) in [7, 11) is 1.79. The van der Waals surface area contributed by atoms with Crippen molar-refractivity contribution in [1.29, 1.82) is 0 Å². The molecule has 1 aliphatic carbocycles. The van der Waals surface area contributed by atoms with Crippen LogP contribution < -0.4 is 11.3 Å². The summed E-state index contributed by atoms with van der Waals surface area (Å²) in [5.41, 5.74) is 2.97. The van der Waals surface area contributed by atoms with E-state index in [4.69, 9.17) is 5.84 Å². The fraction of sp³-hybridized carbons (Fsp3) is 0.929. The van der Waals surface area contributed by atoms with Gasteiger partial charge < -0.3 is 0 Å². The largest absolute Gasteiger partial charge is 0.271 e. The third kappa shape index (κ3) is 4.24. The molecule has 0 saturated heterocycles. The van der Waals surface area contributed by atoms with Crippen molar-refractivity contribution in [3.8, 4) is 0 Å². The summed E-state index contributed by atoms with van der Waals surface area (Å²) in [6, 6.07) is 0.270. The van der Waals surface area contributed by atoms with E-state index < -0.39 is 0 Å². The summed E-state index contributed by atoms with van der Waals surface area (Å²) in [4.78, 5) is 1.50. The van der Waals surface area contributed by atoms with E-state index in [0.29, 0.717) is 5.92 Å². The molecule has 114 valence electrons. The lowest BCUT2D eigenvalue weighted by Gasteiger charge is -2.33. The Morgan fingerprint density at radius 2 is 2.10 bits per heavy atom. The highest BCUT2D eigenvalue weighted by Gasteiger charge is 2.27. The quantitative estimate of drug-likeness (QED) is 0.585. The molecule has 1 aromatic heterocycles. The van der Waals surface area contributed by atoms with Gasteiger partial charge in [0.1, 0.15) is 0 Å². The fourth-order valence-electron chi connectivity index (χ4n) is 3.34. The normalized spacial score (nSPS) is 24.8. The third-order valence-corrected chi connectivity index (χ3v) is 4.59. The molecule has 0 bridgehead atoms. The number of hydrazine groups is 1. The first-order valence-corrected chi connectivity index (χ1v) is 7.92. The van der Waals surface area contributed by atoms with Gasteiger partial charge in [-0.3, -0.25) is 11.3 Å². The first-order valence-electron chi connectivity index (χ1n) is 7.92. The molecule has 1 saturated carbocycles. The van der Waals surface area contributed by atoms with Crippen molar-refractivity contribution in [1.82, 2.24) is 25.6 Å². The second kappa shape index (κ2) is 7.69. The number of aryl methyl sites for hydroxylation is 1. The standard InChI is InChI=1S/C14H28N6/c1-3-4-5-11-6-8-12(9-7-11)13(16-15)10-14-17-19-20(2)18-14/h11-13,16H,3-10,15H2,1-2H3. The zero-order chi connectivity index (χ0) is 14.4. The molecule has 1 unspecified atom stereocenters. The Labute approximate surface area is 121 Å². The monoisotopic (exact) mass is 280 g/mol. The van der Waals surface area contributed by atoms with Gasteiger partial charge in [0.2, 0.25) is 0 Å². The molecule has 0 aliphatic heterocycles. The van der Waals surface area contributed by atoms with E-state index in [1.807, 2.05) is 0 Å². The van der Waals surface area contributed by atoms with Crippen molar-refractivity contribution in [2.75, 3.05) is 0 Å². The van der Waals surface area contributed by atoms with Crippen LogP contribution in [0.4, 0.5) is 0 Å². The van der Waals surface area contributed by atoms with Crippen molar-refractivity contribution in [3.63, 3.8) is 0 Å². The lowest BCUT2D eigenvalue weighted by molar-refractivity contribution is 0.210. The Bertz CT molecular complexity index is 383. The summed E-state index contributed by atoms with van der Waals surface area (Å²) < 4.78 is 0. The average molecular weight is 280 g/mol. The van der Waals surface area contributed by atoms with Crippen LogP contribution in [-0.4, -0.2) is 26.2 Å². The number of nitrogens with one attached hydrogen (secondary N) is 1. The highest BCUT2D eigenvalue weighted by molar-refractivity contribution is 4.89. The van der Waals surface area contributed by atoms with Gasteiger partial charge in [0.25, 0.3) is 0 Å². The minimum atomic E-state index is 0.270. The summed E-state index contributed by atoms with van der Waals surface area (Å²) in [5, 5.41) is 12.2. The van der Waals surface area contributed by atoms with Gasteiger partial charge in [0, 0.05) is 12.5 Å². The molecule has 1 heterocycles. The van der Waals surface area contributed by atoms with Gasteiger partial charge >= 0.3 is 0 Å². The molecule has 1 aromatic rings. The number of aromatic nitrogens is 4. The van der Waals surface area contributed by atoms with Gasteiger partial charge in [-0.15, -0.1) is 10.2 Å². The van der Waals surface area contributed by atoms with Crippen LogP contribution in [-0.2, 0) is 13.5 Å². The second-order valence-corrected chi connectivity index (χ2v) is 6.10. The number of tetrazole rings is 1. The van der Waals surface area contributed by atoms with Crippen LogP contribution >= 0.6 is 0 Å². The van der Waals surface area contributed by atoms with Gasteiger partial charge in [0.05, 0.1) is 7.05 Å². The van der Waals surface area contributed by atoms with Crippen LogP contribution in [0, 0.1) is 11.8 Å². The van der Waals surface area contributed by atoms with Gasteiger partial charge in [0.15, 0.2) is 5.82 Å². The van der Waals surface area contributed by atoms with Crippen LogP contribution in [0.3, 0.4) is 0 Å². The molecule has 0 amide bonds. The molecule has 20 heavy (non-hydrogen) atoms. The number of hydrogen-bond donors (Lipinski definition) is 2. The number of nitrogens with zero attached hydrogens (tertiary/aromatic N) is 4. The Morgan fingerprint density at radius 3 is 2.65 bits per heavy atom. The van der Waals surface area contributed by atoms with Gasteiger partial charge in [-0.05, 0) is 29.9 Å². The number of unbranched alkanes of at least 4 members (excludes halogenated alkanes) is 1. The van der Waals surface area contributed by atoms with E-state index in [-0.39, 0.29) is 6.04 Å². The summed E-state index contributed by atoms with van der Waals surface area (Å²) in [6.45, 7) is 2.27. The Kier molecular flexibility index (Phi) is 5.91. The fourth-order valence-corrected chi connectivity index (χ4v) is 3.34. The number of nitrogens with two attached hydrogens (primary N) is 1. The third-order valence-electron chi connectivity index (χ3n) is 4.59. The highest BCUT2D eigenvalue weighted by atomic mass is 15.6. The zero-order valence-corrected chi connectivity index (χ0v) is 12.8. The first kappa shape index (κ1) is 15.4. The van der Waals surface area contributed by atoms with E-state index in [2.05, 4.69) is 27.8 Å². The SMILES string of the molecule is CCCCC1CCC(C(Cc2nnn(C)n2)NN)CC1. The second-order valence-electron chi connectivity index (χ2n) is 6.10. The van der Waals surface area contributed by atoms with Crippen molar-refractivity contribution >= 4 is 0 Å². The van der Waals surface area contributed by atoms with Gasteiger partial charge in [-0.25, -0.2) is 0 Å². The van der Waals surface area contributed by atoms with Crippen molar-refractivity contribution in [2.24, 2.45) is 24.7 Å². The van der Waals surface area contributed by atoms with E-state index >= 15 is 0 Å². The molecule has 6 nitrogen and oxygen atoms in total. The zero-order valence-electron chi connectivity index (χ0n) is 12.8. The molecular formula is C14H28N6. The van der Waals surface area contributed by atoms with Crippen molar-refractivity contribution in [2.45, 2.75) is 64.3 Å². The molecule has 0 aromatic carbocycles. The minimum Gasteiger partial charge on any atom is -0.271 e. The molecule has 6 heteroatoms. The Morgan fingerprint density at radius 1 is 1.35 bits per heavy atom. The van der Waals surface area contributed by atoms with Crippen molar-refractivity contribution in [3.05, 3.63) is 5.82 Å². The number of hydrogen-bond acceptors (Lipinski definition) is 5. The van der Waals surface area contributed by atoms with Crippen LogP contribution in [0.2, 0.25) is 0 Å². The van der Waals surface area contributed by atoms with Crippen LogP contribution in [0.5, 0.6) is 0 Å². The minimum absolute atomic E-state index is 0.270. The van der Waals surface area contributed by atoms with Gasteiger partial charge in [-0.2, -0.15) is 4.80 Å². The van der Waals surface area contributed by atoms with Crippen LogP contribution in [0.25, 0.3) is 0 Å². The number of rotatable bonds is 7. The predicted octanol–water partition coefficient (Wildman–Crippen LogP) is 1.58. The molecule has 0 radical (unpaired) electrons. The smallest absolute Gasteiger partial charge is 0.176 e. The predicted molar refractivity (Wildman–Crippen MR) is 78.6 cm³/mol. The van der Waals surface area contributed by atoms with E-state index in [0.717, 1.165) is 18.2 Å². The van der Waals surface area contributed by atoms with E-state index in [9.17, 15) is 0 Å². The summed E-state index contributed by atoms with van der Waals surface area (Å²) in [5.74, 6) is 8.09. The molecule has 3 N–H and O–H groups in total. The maximum absolute atomic E-state index is 5.74. The van der Waals surface area contributed by atoms with E-state index in [1.54, 1.807) is 7.05 Å². The molecule has 1 atom stereocenters. The molecule has 2 rings (SSSR count). The molecule has 1 fully saturated rings. The summed E-state index contributed by atoms with van der Waals surface area (Å²) in [6.07, 6.45) is 10.1. The van der Waals surface area contributed by atoms with Crippen LogP contribution in [0.1, 0.15) is 57.7 Å². The van der Waals surface area contributed by atoms with Crippen molar-refractivity contribution < 1.29 is 0 Å². The topological polar surface area (TPSA) is 81.7 Å². The highest BCUT2D eigenvalue weighted by Crippen LogP contribution is 2.33. The van der Waals surface area contributed by atoms with Gasteiger partial charge in [-0.1, -0.05) is 39.0 Å². The average Bonchev–Trinajstić information content (AvgIpc) is 2.88. The molecule has 0 spiro atoms. The Hall–Kier alpha value is -1.01. The lowest BCUT2D eigenvalue weighted by atomic mass is 9.76. The Balaban J connectivity index is 1.81. The van der Waals surface area contributed by atoms with E-state index in [1.165, 1.54) is 49.7 Å².